The first-order valence-electron chi connectivity index (χ1n) is 5.87. The monoisotopic (exact) mass is 360 g/mol. The van der Waals surface area contributed by atoms with E-state index < -0.39 is 10.2 Å². The van der Waals surface area contributed by atoms with Crippen molar-refractivity contribution in [3.63, 3.8) is 0 Å². The standard InChI is InChI=1S/C10H21IN2O2S/c1-10-4-8-13(9-5-10)16(14,15)12-7-3-2-6-11/h10,12H,2-9H2,1H3. The fourth-order valence-electron chi connectivity index (χ4n) is 1.74. The van der Waals surface area contributed by atoms with Crippen molar-refractivity contribution in [1.29, 1.82) is 0 Å². The van der Waals surface area contributed by atoms with Crippen molar-refractivity contribution in [1.82, 2.24) is 9.03 Å². The van der Waals surface area contributed by atoms with Crippen LogP contribution in [0.5, 0.6) is 0 Å². The minimum atomic E-state index is -3.21. The van der Waals surface area contributed by atoms with E-state index in [1.54, 1.807) is 4.31 Å². The van der Waals surface area contributed by atoms with Gasteiger partial charge in [-0.15, -0.1) is 0 Å². The Morgan fingerprint density at radius 1 is 1.31 bits per heavy atom. The van der Waals surface area contributed by atoms with Gasteiger partial charge in [-0.2, -0.15) is 12.7 Å². The van der Waals surface area contributed by atoms with Gasteiger partial charge in [-0.1, -0.05) is 29.5 Å². The minimum absolute atomic E-state index is 0.567. The average molecular weight is 360 g/mol. The summed E-state index contributed by atoms with van der Waals surface area (Å²) in [4.78, 5) is 0. The first-order valence-corrected chi connectivity index (χ1v) is 8.83. The molecule has 0 bridgehead atoms. The Bertz CT molecular complexity index is 287. The molecule has 1 N–H and O–H groups in total. The number of nitrogens with one attached hydrogen (secondary N) is 1. The third-order valence-corrected chi connectivity index (χ3v) is 5.30. The predicted molar refractivity (Wildman–Crippen MR) is 75.0 cm³/mol. The first kappa shape index (κ1) is 14.7. The fourth-order valence-corrected chi connectivity index (χ4v) is 3.55. The Hall–Kier alpha value is 0.600. The lowest BCUT2D eigenvalue weighted by molar-refractivity contribution is 0.285. The van der Waals surface area contributed by atoms with Crippen LogP contribution in [0, 0.1) is 5.92 Å². The maximum atomic E-state index is 11.9. The fraction of sp³-hybridized carbons (Fsp3) is 1.00. The van der Waals surface area contributed by atoms with Crippen molar-refractivity contribution in [2.45, 2.75) is 32.6 Å². The summed E-state index contributed by atoms with van der Waals surface area (Å²) in [6, 6.07) is 0. The predicted octanol–water partition coefficient (Wildman–Crippen LogP) is 1.77. The van der Waals surface area contributed by atoms with E-state index in [0.29, 0.717) is 25.6 Å². The molecule has 1 heterocycles. The van der Waals surface area contributed by atoms with Crippen molar-refractivity contribution in [2.75, 3.05) is 24.1 Å². The van der Waals surface area contributed by atoms with Crippen molar-refractivity contribution in [3.8, 4) is 0 Å². The van der Waals surface area contributed by atoms with Crippen molar-refractivity contribution < 1.29 is 8.42 Å². The third-order valence-electron chi connectivity index (χ3n) is 2.93. The second kappa shape index (κ2) is 7.13. The Kier molecular flexibility index (Phi) is 6.53. The molecule has 1 fully saturated rings. The van der Waals surface area contributed by atoms with Crippen LogP contribution in [0.3, 0.4) is 0 Å². The summed E-state index contributed by atoms with van der Waals surface area (Å²) in [5.41, 5.74) is 0. The Morgan fingerprint density at radius 2 is 1.94 bits per heavy atom. The molecule has 4 nitrogen and oxygen atoms in total. The zero-order chi connectivity index (χ0) is 12.0. The van der Waals surface area contributed by atoms with Crippen LogP contribution in [0.25, 0.3) is 0 Å². The van der Waals surface area contributed by atoms with Gasteiger partial charge in [0.25, 0.3) is 10.2 Å². The molecular formula is C10H21IN2O2S. The number of nitrogens with zero attached hydrogens (tertiary/aromatic N) is 1. The van der Waals surface area contributed by atoms with Crippen LogP contribution in [0.1, 0.15) is 32.6 Å². The highest BCUT2D eigenvalue weighted by Gasteiger charge is 2.25. The smallest absolute Gasteiger partial charge is 0.202 e. The van der Waals surface area contributed by atoms with Crippen LogP contribution in [-0.4, -0.2) is 36.8 Å². The molecule has 1 aliphatic heterocycles. The molecule has 0 atom stereocenters. The van der Waals surface area contributed by atoms with Gasteiger partial charge in [0.1, 0.15) is 0 Å². The largest absolute Gasteiger partial charge is 0.279 e. The average Bonchev–Trinajstić information content (AvgIpc) is 2.25. The molecule has 0 saturated carbocycles. The molecule has 0 unspecified atom stereocenters. The number of hydrogen-bond acceptors (Lipinski definition) is 2. The molecule has 6 heteroatoms. The highest BCUT2D eigenvalue weighted by molar-refractivity contribution is 14.1. The van der Waals surface area contributed by atoms with Gasteiger partial charge in [-0.25, -0.2) is 4.72 Å². The topological polar surface area (TPSA) is 49.4 Å². The minimum Gasteiger partial charge on any atom is -0.202 e. The van der Waals surface area contributed by atoms with Crippen molar-refractivity contribution >= 4 is 32.8 Å². The number of piperidine rings is 1. The number of alkyl halides is 1. The lowest BCUT2D eigenvalue weighted by Gasteiger charge is -2.29. The van der Waals surface area contributed by atoms with Gasteiger partial charge in [0.15, 0.2) is 0 Å². The Labute approximate surface area is 112 Å². The molecule has 0 spiro atoms. The van der Waals surface area contributed by atoms with E-state index in [9.17, 15) is 8.42 Å². The van der Waals surface area contributed by atoms with E-state index in [1.165, 1.54) is 0 Å². The van der Waals surface area contributed by atoms with E-state index in [4.69, 9.17) is 0 Å². The molecule has 1 aliphatic rings. The summed E-state index contributed by atoms with van der Waals surface area (Å²) >= 11 is 2.31. The summed E-state index contributed by atoms with van der Waals surface area (Å²) in [6.45, 7) is 4.08. The third kappa shape index (κ3) is 4.85. The zero-order valence-corrected chi connectivity index (χ0v) is 12.8. The van der Waals surface area contributed by atoms with Crippen LogP contribution in [0.2, 0.25) is 0 Å². The molecule has 0 aliphatic carbocycles. The van der Waals surface area contributed by atoms with E-state index in [2.05, 4.69) is 34.2 Å². The molecule has 0 aromatic heterocycles. The maximum absolute atomic E-state index is 11.9. The van der Waals surface area contributed by atoms with Crippen LogP contribution >= 0.6 is 22.6 Å². The summed E-state index contributed by atoms with van der Waals surface area (Å²) in [6.07, 6.45) is 3.95. The SMILES string of the molecule is CC1CCN(S(=O)(=O)NCCCCI)CC1. The van der Waals surface area contributed by atoms with E-state index >= 15 is 0 Å². The van der Waals surface area contributed by atoms with Crippen LogP contribution in [0.4, 0.5) is 0 Å². The number of unbranched alkanes of at least 4 members (excludes halogenated alkanes) is 1. The number of hydrogen-bond donors (Lipinski definition) is 1. The summed E-state index contributed by atoms with van der Waals surface area (Å²) < 4.78 is 29.1. The second-order valence-electron chi connectivity index (χ2n) is 4.38. The normalized spacial score (nSPS) is 20.1. The summed E-state index contributed by atoms with van der Waals surface area (Å²) in [7, 11) is -3.21. The molecule has 16 heavy (non-hydrogen) atoms. The van der Waals surface area contributed by atoms with Crippen molar-refractivity contribution in [2.24, 2.45) is 5.92 Å². The van der Waals surface area contributed by atoms with Crippen molar-refractivity contribution in [3.05, 3.63) is 0 Å². The van der Waals surface area contributed by atoms with E-state index in [-0.39, 0.29) is 0 Å². The number of halogens is 1. The zero-order valence-electron chi connectivity index (χ0n) is 9.78. The first-order chi connectivity index (χ1) is 7.56. The van der Waals surface area contributed by atoms with Gasteiger partial charge in [0, 0.05) is 19.6 Å². The van der Waals surface area contributed by atoms with Gasteiger partial charge in [0.2, 0.25) is 0 Å². The molecule has 1 saturated heterocycles. The van der Waals surface area contributed by atoms with Gasteiger partial charge in [-0.05, 0) is 36.0 Å². The van der Waals surface area contributed by atoms with Crippen LogP contribution in [0.15, 0.2) is 0 Å². The van der Waals surface area contributed by atoms with E-state index in [1.807, 2.05) is 0 Å². The second-order valence-corrected chi connectivity index (χ2v) is 7.21. The quantitative estimate of drug-likeness (QED) is 0.446. The molecule has 96 valence electrons. The van der Waals surface area contributed by atoms with E-state index in [0.717, 1.165) is 30.1 Å². The van der Waals surface area contributed by atoms with Gasteiger partial charge in [0.05, 0.1) is 0 Å². The molecule has 0 aromatic rings. The van der Waals surface area contributed by atoms with Gasteiger partial charge >= 0.3 is 0 Å². The highest BCUT2D eigenvalue weighted by atomic mass is 127. The van der Waals surface area contributed by atoms with Crippen LogP contribution < -0.4 is 4.72 Å². The molecule has 1 rings (SSSR count). The maximum Gasteiger partial charge on any atom is 0.279 e. The van der Waals surface area contributed by atoms with Gasteiger partial charge < -0.3 is 0 Å². The molecular weight excluding hydrogens is 339 g/mol. The molecule has 0 amide bonds. The molecule has 0 radical (unpaired) electrons. The van der Waals surface area contributed by atoms with Crippen LogP contribution in [-0.2, 0) is 10.2 Å². The highest BCUT2D eigenvalue weighted by Crippen LogP contribution is 2.17. The van der Waals surface area contributed by atoms with Gasteiger partial charge in [-0.3, -0.25) is 0 Å². The molecule has 0 aromatic carbocycles. The summed E-state index contributed by atoms with van der Waals surface area (Å²) in [5.74, 6) is 0.658. The Morgan fingerprint density at radius 3 is 2.50 bits per heavy atom. The summed E-state index contributed by atoms with van der Waals surface area (Å²) in [5, 5.41) is 0. The number of rotatable bonds is 6. The lowest BCUT2D eigenvalue weighted by Crippen LogP contribution is -2.44. The Balaban J connectivity index is 2.33. The lowest BCUT2D eigenvalue weighted by atomic mass is 10.0.